The summed E-state index contributed by atoms with van der Waals surface area (Å²) >= 11 is 7.04. The van der Waals surface area contributed by atoms with Crippen LogP contribution in [-0.2, 0) is 0 Å². The summed E-state index contributed by atoms with van der Waals surface area (Å²) < 4.78 is 2.09. The van der Waals surface area contributed by atoms with Crippen LogP contribution < -0.4 is 5.32 Å². The van der Waals surface area contributed by atoms with Gasteiger partial charge in [0.2, 0.25) is 0 Å². The Morgan fingerprint density at radius 2 is 1.84 bits per heavy atom. The van der Waals surface area contributed by atoms with Crippen molar-refractivity contribution in [3.63, 3.8) is 0 Å². The minimum Gasteiger partial charge on any atom is -0.312 e. The lowest BCUT2D eigenvalue weighted by atomic mass is 10.0. The highest BCUT2D eigenvalue weighted by Crippen LogP contribution is 2.27. The Labute approximate surface area is 134 Å². The van der Waals surface area contributed by atoms with Gasteiger partial charge in [-0.15, -0.1) is 0 Å². The summed E-state index contributed by atoms with van der Waals surface area (Å²) in [6.07, 6.45) is 11.0. The number of nitrogens with one attached hydrogen (secondary N) is 1. The first-order valence-corrected chi connectivity index (χ1v) is 8.75. The molecule has 0 amide bonds. The van der Waals surface area contributed by atoms with E-state index < -0.39 is 0 Å². The largest absolute Gasteiger partial charge is 0.312 e. The van der Waals surface area contributed by atoms with Gasteiger partial charge >= 0.3 is 0 Å². The van der Waals surface area contributed by atoms with Crippen LogP contribution in [0.1, 0.15) is 63.6 Å². The highest BCUT2D eigenvalue weighted by Gasteiger charge is 2.14. The van der Waals surface area contributed by atoms with Gasteiger partial charge < -0.3 is 5.32 Å². The summed E-state index contributed by atoms with van der Waals surface area (Å²) in [5.41, 5.74) is 1.11. The van der Waals surface area contributed by atoms with Crippen molar-refractivity contribution < 1.29 is 0 Å². The van der Waals surface area contributed by atoms with E-state index in [1.807, 2.05) is 13.2 Å². The molecule has 0 saturated carbocycles. The molecule has 1 atom stereocenters. The normalized spacial score (nSPS) is 12.6. The zero-order valence-electron chi connectivity index (χ0n) is 11.9. The maximum absolute atomic E-state index is 4.52. The maximum atomic E-state index is 4.52. The van der Waals surface area contributed by atoms with E-state index in [0.717, 1.165) is 21.1 Å². The van der Waals surface area contributed by atoms with Gasteiger partial charge in [-0.1, -0.05) is 45.4 Å². The molecule has 1 aromatic rings. The Kier molecular flexibility index (Phi) is 8.92. The third-order valence-corrected chi connectivity index (χ3v) is 4.43. The van der Waals surface area contributed by atoms with Crippen LogP contribution in [0.25, 0.3) is 0 Å². The Hall–Kier alpha value is 0.0700. The van der Waals surface area contributed by atoms with Crippen LogP contribution >= 0.6 is 31.9 Å². The van der Waals surface area contributed by atoms with Gasteiger partial charge in [-0.05, 0) is 51.4 Å². The first kappa shape index (κ1) is 17.1. The quantitative estimate of drug-likeness (QED) is 0.552. The number of pyridine rings is 1. The van der Waals surface area contributed by atoms with Crippen molar-refractivity contribution in [2.24, 2.45) is 0 Å². The molecule has 1 heterocycles. The minimum absolute atomic E-state index is 0.341. The van der Waals surface area contributed by atoms with Crippen molar-refractivity contribution in [1.29, 1.82) is 0 Å². The van der Waals surface area contributed by atoms with Gasteiger partial charge in [-0.3, -0.25) is 4.98 Å². The SMILES string of the molecule is CCCCCCCCC(NC)c1ncc(Br)cc1Br. The van der Waals surface area contributed by atoms with Crippen LogP contribution in [0.3, 0.4) is 0 Å². The van der Waals surface area contributed by atoms with Crippen molar-refractivity contribution in [3.8, 4) is 0 Å². The average molecular weight is 392 g/mol. The molecule has 1 rings (SSSR count). The summed E-state index contributed by atoms with van der Waals surface area (Å²) in [5, 5.41) is 3.37. The summed E-state index contributed by atoms with van der Waals surface area (Å²) in [4.78, 5) is 4.52. The molecule has 1 aromatic heterocycles. The Morgan fingerprint density at radius 3 is 2.47 bits per heavy atom. The molecule has 2 nitrogen and oxygen atoms in total. The standard InChI is InChI=1S/C15H24Br2N2/c1-3-4-5-6-7-8-9-14(18-2)15-13(17)10-12(16)11-19-15/h10-11,14,18H,3-9H2,1-2H3. The van der Waals surface area contributed by atoms with Crippen molar-refractivity contribution in [2.45, 2.75) is 57.9 Å². The molecule has 19 heavy (non-hydrogen) atoms. The molecule has 0 saturated heterocycles. The van der Waals surface area contributed by atoms with Gasteiger partial charge in [-0.25, -0.2) is 0 Å². The number of nitrogens with zero attached hydrogens (tertiary/aromatic N) is 1. The average Bonchev–Trinajstić information content (AvgIpc) is 2.39. The van der Waals surface area contributed by atoms with E-state index in [-0.39, 0.29) is 0 Å². The van der Waals surface area contributed by atoms with Gasteiger partial charge in [0.25, 0.3) is 0 Å². The van der Waals surface area contributed by atoms with Crippen molar-refractivity contribution in [1.82, 2.24) is 10.3 Å². The second kappa shape index (κ2) is 9.89. The molecule has 0 aliphatic heterocycles. The van der Waals surface area contributed by atoms with E-state index in [1.54, 1.807) is 0 Å². The molecule has 4 heteroatoms. The molecule has 0 bridgehead atoms. The number of rotatable bonds is 9. The lowest BCUT2D eigenvalue weighted by molar-refractivity contribution is 0.488. The van der Waals surface area contributed by atoms with Crippen LogP contribution in [0.15, 0.2) is 21.2 Å². The number of aromatic nitrogens is 1. The Balaban J connectivity index is 2.40. The molecule has 0 aliphatic carbocycles. The Bertz CT molecular complexity index is 369. The number of unbranched alkanes of at least 4 members (excludes halogenated alkanes) is 5. The highest BCUT2D eigenvalue weighted by molar-refractivity contribution is 9.11. The monoisotopic (exact) mass is 390 g/mol. The lowest BCUT2D eigenvalue weighted by Crippen LogP contribution is -2.18. The molecule has 108 valence electrons. The van der Waals surface area contributed by atoms with Crippen molar-refractivity contribution >= 4 is 31.9 Å². The predicted octanol–water partition coefficient (Wildman–Crippen LogP) is 5.62. The fraction of sp³-hybridized carbons (Fsp3) is 0.667. The molecule has 0 spiro atoms. The van der Waals surface area contributed by atoms with E-state index in [1.165, 1.54) is 38.5 Å². The molecule has 0 aliphatic rings. The Morgan fingerprint density at radius 1 is 1.16 bits per heavy atom. The van der Waals surface area contributed by atoms with Crippen LogP contribution in [0.4, 0.5) is 0 Å². The van der Waals surface area contributed by atoms with E-state index in [0.29, 0.717) is 6.04 Å². The van der Waals surface area contributed by atoms with Crippen LogP contribution in [0.5, 0.6) is 0 Å². The molecule has 0 aromatic carbocycles. The summed E-state index contributed by atoms with van der Waals surface area (Å²) in [6.45, 7) is 2.26. The fourth-order valence-electron chi connectivity index (χ4n) is 2.23. The third-order valence-electron chi connectivity index (χ3n) is 3.36. The first-order chi connectivity index (χ1) is 9.19. The smallest absolute Gasteiger partial charge is 0.0715 e. The fourth-order valence-corrected chi connectivity index (χ4v) is 3.49. The number of halogens is 2. The molecule has 0 radical (unpaired) electrons. The van der Waals surface area contributed by atoms with E-state index in [4.69, 9.17) is 0 Å². The van der Waals surface area contributed by atoms with Gasteiger partial charge in [-0.2, -0.15) is 0 Å². The van der Waals surface area contributed by atoms with E-state index >= 15 is 0 Å². The first-order valence-electron chi connectivity index (χ1n) is 7.17. The molecule has 1 unspecified atom stereocenters. The third kappa shape index (κ3) is 6.37. The second-order valence-corrected chi connectivity index (χ2v) is 6.69. The number of hydrogen-bond acceptors (Lipinski definition) is 2. The highest BCUT2D eigenvalue weighted by atomic mass is 79.9. The summed E-state index contributed by atoms with van der Waals surface area (Å²) in [5.74, 6) is 0. The van der Waals surface area contributed by atoms with Crippen LogP contribution in [-0.4, -0.2) is 12.0 Å². The van der Waals surface area contributed by atoms with E-state index in [9.17, 15) is 0 Å². The molecule has 1 N–H and O–H groups in total. The number of hydrogen-bond donors (Lipinski definition) is 1. The maximum Gasteiger partial charge on any atom is 0.0715 e. The molecular weight excluding hydrogens is 368 g/mol. The van der Waals surface area contributed by atoms with E-state index in [2.05, 4.69) is 55.2 Å². The predicted molar refractivity (Wildman–Crippen MR) is 89.4 cm³/mol. The molecular formula is C15H24Br2N2. The minimum atomic E-state index is 0.341. The van der Waals surface area contributed by atoms with Crippen molar-refractivity contribution in [3.05, 3.63) is 26.9 Å². The second-order valence-electron chi connectivity index (χ2n) is 4.92. The molecule has 0 fully saturated rings. The van der Waals surface area contributed by atoms with Gasteiger partial charge in [0.1, 0.15) is 0 Å². The summed E-state index contributed by atoms with van der Waals surface area (Å²) in [6, 6.07) is 2.40. The topological polar surface area (TPSA) is 24.9 Å². The van der Waals surface area contributed by atoms with Crippen LogP contribution in [0.2, 0.25) is 0 Å². The van der Waals surface area contributed by atoms with Gasteiger partial charge in [0.05, 0.1) is 11.7 Å². The van der Waals surface area contributed by atoms with Crippen molar-refractivity contribution in [2.75, 3.05) is 7.05 Å². The van der Waals surface area contributed by atoms with Gasteiger partial charge in [0, 0.05) is 15.1 Å². The zero-order chi connectivity index (χ0) is 14.1. The van der Waals surface area contributed by atoms with Crippen LogP contribution in [0, 0.1) is 0 Å². The zero-order valence-corrected chi connectivity index (χ0v) is 15.1. The lowest BCUT2D eigenvalue weighted by Gasteiger charge is -2.17. The summed E-state index contributed by atoms with van der Waals surface area (Å²) in [7, 11) is 2.01. The van der Waals surface area contributed by atoms with Gasteiger partial charge in [0.15, 0.2) is 0 Å².